The monoisotopic (exact) mass is 521 g/mol. The van der Waals surface area contributed by atoms with E-state index in [1.807, 2.05) is 51.9 Å². The first-order chi connectivity index (χ1) is 17.9. The maximum Gasteiger partial charge on any atom is 0.410 e. The maximum absolute atomic E-state index is 13.9. The van der Waals surface area contributed by atoms with Crippen LogP contribution in [0, 0.1) is 29.5 Å². The molecular weight excluding hydrogens is 485 g/mol. The minimum Gasteiger partial charge on any atom is -0.444 e. The molecular formula is C28H36FN7O2. The van der Waals surface area contributed by atoms with Crippen LogP contribution in [0.15, 0.2) is 24.4 Å². The van der Waals surface area contributed by atoms with E-state index in [9.17, 15) is 14.4 Å². The van der Waals surface area contributed by atoms with Crippen molar-refractivity contribution in [2.75, 3.05) is 18.8 Å². The van der Waals surface area contributed by atoms with Crippen molar-refractivity contribution in [3.63, 3.8) is 0 Å². The van der Waals surface area contributed by atoms with E-state index in [1.165, 1.54) is 12.1 Å². The van der Waals surface area contributed by atoms with E-state index in [1.54, 1.807) is 9.58 Å². The van der Waals surface area contributed by atoms with Gasteiger partial charge in [-0.2, -0.15) is 10.4 Å². The van der Waals surface area contributed by atoms with Gasteiger partial charge in [-0.05, 0) is 82.6 Å². The molecule has 0 bridgehead atoms. The summed E-state index contributed by atoms with van der Waals surface area (Å²) in [5.41, 5.74) is 12.9. The van der Waals surface area contributed by atoms with Crippen molar-refractivity contribution in [3.05, 3.63) is 52.6 Å². The van der Waals surface area contributed by atoms with E-state index in [0.717, 1.165) is 36.0 Å². The lowest BCUT2D eigenvalue weighted by molar-refractivity contribution is 0.0187. The zero-order chi connectivity index (χ0) is 27.4. The van der Waals surface area contributed by atoms with Gasteiger partial charge in [0.05, 0.1) is 18.6 Å². The number of hydrazine groups is 1. The van der Waals surface area contributed by atoms with Gasteiger partial charge in [0.2, 0.25) is 0 Å². The van der Waals surface area contributed by atoms with Gasteiger partial charge in [-0.15, -0.1) is 0 Å². The number of likely N-dealkylation sites (tertiary alicyclic amines) is 1. The van der Waals surface area contributed by atoms with E-state index in [-0.39, 0.29) is 29.4 Å². The largest absolute Gasteiger partial charge is 0.444 e. The second kappa shape index (κ2) is 9.31. The highest BCUT2D eigenvalue weighted by Gasteiger charge is 2.51. The van der Waals surface area contributed by atoms with Crippen LogP contribution in [-0.4, -0.2) is 50.5 Å². The SMILES string of the molecule is Cc1cc(F)cc(CN2C=C(c3nn(C4CC5(CCN(C(=O)OC(C)(C)C)C5)C4)c(N)c3C#N)C(C)N2)c1. The van der Waals surface area contributed by atoms with Gasteiger partial charge in [0.1, 0.15) is 34.6 Å². The number of carbonyl (C=O) groups is 1. The third-order valence-corrected chi connectivity index (χ3v) is 7.68. The maximum atomic E-state index is 13.9. The van der Waals surface area contributed by atoms with Gasteiger partial charge in [-0.25, -0.2) is 19.3 Å². The molecule has 3 heterocycles. The zero-order valence-corrected chi connectivity index (χ0v) is 22.7. The molecule has 2 fully saturated rings. The molecule has 1 saturated heterocycles. The summed E-state index contributed by atoms with van der Waals surface area (Å²) in [5, 5.41) is 16.7. The lowest BCUT2D eigenvalue weighted by Crippen LogP contribution is -2.43. The second-order valence-electron chi connectivity index (χ2n) is 12.1. The minimum absolute atomic E-state index is 0.0360. The Labute approximate surface area is 223 Å². The highest BCUT2D eigenvalue weighted by Crippen LogP contribution is 2.54. The first-order valence-electron chi connectivity index (χ1n) is 13.1. The van der Waals surface area contributed by atoms with Crippen molar-refractivity contribution in [2.45, 2.75) is 78.1 Å². The number of nitrogens with one attached hydrogen (secondary N) is 1. The molecule has 2 aliphatic heterocycles. The van der Waals surface area contributed by atoms with Crippen molar-refractivity contribution in [1.82, 2.24) is 25.1 Å². The molecule has 38 heavy (non-hydrogen) atoms. The Morgan fingerprint density at radius 1 is 1.34 bits per heavy atom. The lowest BCUT2D eigenvalue weighted by atomic mass is 9.65. The summed E-state index contributed by atoms with van der Waals surface area (Å²) in [7, 11) is 0. The molecule has 1 amide bonds. The number of nitriles is 1. The summed E-state index contributed by atoms with van der Waals surface area (Å²) in [6.07, 6.45) is 4.28. The van der Waals surface area contributed by atoms with E-state index in [0.29, 0.717) is 36.7 Å². The number of benzene rings is 1. The standard InChI is InChI=1S/C28H36FN7O2/c1-17-8-19(10-20(29)9-17)14-35-15-23(18(2)32-35)24-22(13-30)25(31)36(33-24)21-11-28(12-21)6-7-34(16-28)26(37)38-27(3,4)5/h8-10,15,18,21,32H,6-7,11-12,14,16,31H2,1-5H3. The molecule has 1 saturated carbocycles. The predicted molar refractivity (Wildman–Crippen MR) is 142 cm³/mol. The molecule has 5 rings (SSSR count). The lowest BCUT2D eigenvalue weighted by Gasteiger charge is -2.45. The molecule has 202 valence electrons. The smallest absolute Gasteiger partial charge is 0.410 e. The highest BCUT2D eigenvalue weighted by atomic mass is 19.1. The van der Waals surface area contributed by atoms with E-state index in [2.05, 4.69) is 11.5 Å². The number of nitrogens with two attached hydrogens (primary N) is 1. The van der Waals surface area contributed by atoms with Crippen LogP contribution in [0.1, 0.15) is 75.4 Å². The molecule has 1 aromatic heterocycles. The average molecular weight is 522 g/mol. The van der Waals surface area contributed by atoms with Crippen molar-refractivity contribution in [1.29, 1.82) is 5.26 Å². The molecule has 3 aliphatic rings. The molecule has 10 heteroatoms. The number of nitrogen functional groups attached to an aromatic ring is 1. The van der Waals surface area contributed by atoms with Crippen molar-refractivity contribution in [2.24, 2.45) is 5.41 Å². The zero-order valence-electron chi connectivity index (χ0n) is 22.7. The van der Waals surface area contributed by atoms with Gasteiger partial charge in [0, 0.05) is 24.9 Å². The Kier molecular flexibility index (Phi) is 6.38. The number of hydrogen-bond acceptors (Lipinski definition) is 7. The van der Waals surface area contributed by atoms with Crippen LogP contribution >= 0.6 is 0 Å². The fraction of sp³-hybridized carbons (Fsp3) is 0.536. The highest BCUT2D eigenvalue weighted by molar-refractivity contribution is 5.76. The van der Waals surface area contributed by atoms with Crippen LogP contribution in [0.4, 0.5) is 15.0 Å². The number of halogens is 1. The molecule has 0 radical (unpaired) electrons. The van der Waals surface area contributed by atoms with Crippen molar-refractivity contribution < 1.29 is 13.9 Å². The number of nitrogens with zero attached hydrogens (tertiary/aromatic N) is 5. The fourth-order valence-electron chi connectivity index (χ4n) is 5.99. The summed E-state index contributed by atoms with van der Waals surface area (Å²) in [5.74, 6) is 0.112. The van der Waals surface area contributed by atoms with Gasteiger partial charge in [-0.3, -0.25) is 0 Å². The number of amides is 1. The quantitative estimate of drug-likeness (QED) is 0.609. The molecule has 9 nitrogen and oxygen atoms in total. The van der Waals surface area contributed by atoms with Crippen LogP contribution in [0.3, 0.4) is 0 Å². The van der Waals surface area contributed by atoms with E-state index >= 15 is 0 Å². The summed E-state index contributed by atoms with van der Waals surface area (Å²) in [6.45, 7) is 11.3. The molecule has 3 N–H and O–H groups in total. The molecule has 1 aliphatic carbocycles. The first-order valence-corrected chi connectivity index (χ1v) is 13.1. The molecule has 1 spiro atoms. The van der Waals surface area contributed by atoms with Gasteiger partial charge in [-0.1, -0.05) is 6.07 Å². The number of rotatable bonds is 4. The summed E-state index contributed by atoms with van der Waals surface area (Å²) in [6, 6.07) is 7.22. The number of carbonyl (C=O) groups excluding carboxylic acids is 1. The number of aromatic nitrogens is 2. The van der Waals surface area contributed by atoms with Crippen LogP contribution < -0.4 is 11.2 Å². The fourth-order valence-corrected chi connectivity index (χ4v) is 5.99. The normalized spacial score (nSPS) is 24.9. The summed E-state index contributed by atoms with van der Waals surface area (Å²) in [4.78, 5) is 14.3. The Morgan fingerprint density at radius 3 is 2.74 bits per heavy atom. The van der Waals surface area contributed by atoms with Crippen LogP contribution in [0.5, 0.6) is 0 Å². The van der Waals surface area contributed by atoms with Crippen molar-refractivity contribution >= 4 is 17.5 Å². The van der Waals surface area contributed by atoms with Gasteiger partial charge in [0.25, 0.3) is 0 Å². The average Bonchev–Trinajstić information content (AvgIpc) is 3.46. The Morgan fingerprint density at radius 2 is 2.08 bits per heavy atom. The molecule has 1 atom stereocenters. The van der Waals surface area contributed by atoms with Gasteiger partial charge < -0.3 is 20.4 Å². The topological polar surface area (TPSA) is 112 Å². The Balaban J connectivity index is 1.30. The van der Waals surface area contributed by atoms with Crippen LogP contribution in [-0.2, 0) is 11.3 Å². The number of ether oxygens (including phenoxy) is 1. The minimum atomic E-state index is -0.519. The molecule has 1 aromatic carbocycles. The Bertz CT molecular complexity index is 1310. The van der Waals surface area contributed by atoms with Crippen LogP contribution in [0.2, 0.25) is 0 Å². The van der Waals surface area contributed by atoms with Crippen LogP contribution in [0.25, 0.3) is 5.57 Å². The number of hydrogen-bond donors (Lipinski definition) is 2. The molecule has 2 aromatic rings. The van der Waals surface area contributed by atoms with Crippen molar-refractivity contribution in [3.8, 4) is 6.07 Å². The van der Waals surface area contributed by atoms with Gasteiger partial charge in [0.15, 0.2) is 0 Å². The third kappa shape index (κ3) is 4.95. The second-order valence-corrected chi connectivity index (χ2v) is 12.1. The van der Waals surface area contributed by atoms with E-state index < -0.39 is 5.60 Å². The summed E-state index contributed by atoms with van der Waals surface area (Å²) < 4.78 is 21.2. The molecule has 1 unspecified atom stereocenters. The van der Waals surface area contributed by atoms with E-state index in [4.69, 9.17) is 15.6 Å². The summed E-state index contributed by atoms with van der Waals surface area (Å²) >= 11 is 0. The van der Waals surface area contributed by atoms with Gasteiger partial charge >= 0.3 is 6.09 Å². The number of aryl methyl sites for hydroxylation is 1. The third-order valence-electron chi connectivity index (χ3n) is 7.68. The first kappa shape index (κ1) is 26.0. The Hall–Kier alpha value is -3.58. The predicted octanol–water partition coefficient (Wildman–Crippen LogP) is 4.50. The number of anilines is 1.